The van der Waals surface area contributed by atoms with Crippen LogP contribution in [0.5, 0.6) is 5.75 Å². The lowest BCUT2D eigenvalue weighted by Gasteiger charge is -2.45. The predicted octanol–water partition coefficient (Wildman–Crippen LogP) is 3.30. The van der Waals surface area contributed by atoms with E-state index in [2.05, 4.69) is 25.3 Å². The van der Waals surface area contributed by atoms with E-state index >= 15 is 0 Å². The molecule has 6 nitrogen and oxygen atoms in total. The second kappa shape index (κ2) is 10.9. The van der Waals surface area contributed by atoms with Crippen LogP contribution in [0.3, 0.4) is 0 Å². The van der Waals surface area contributed by atoms with Gasteiger partial charge in [0.15, 0.2) is 5.96 Å². The summed E-state index contributed by atoms with van der Waals surface area (Å²) in [4.78, 5) is 7.25. The highest BCUT2D eigenvalue weighted by molar-refractivity contribution is 5.79. The summed E-state index contributed by atoms with van der Waals surface area (Å²) < 4.78 is 35.8. The van der Waals surface area contributed by atoms with Gasteiger partial charge < -0.3 is 20.1 Å². The first-order valence-corrected chi connectivity index (χ1v) is 10.9. The fourth-order valence-electron chi connectivity index (χ4n) is 4.34. The van der Waals surface area contributed by atoms with E-state index in [4.69, 9.17) is 4.74 Å². The van der Waals surface area contributed by atoms with Crippen molar-refractivity contribution in [2.45, 2.75) is 58.2 Å². The lowest BCUT2D eigenvalue weighted by Crippen LogP contribution is -2.58. The summed E-state index contributed by atoms with van der Waals surface area (Å²) in [6, 6.07) is 5.19. The Morgan fingerprint density at radius 1 is 1.23 bits per heavy atom. The molecule has 0 aromatic heterocycles. The number of nitrogens with one attached hydrogen (secondary N) is 2. The minimum Gasteiger partial charge on any atom is -0.434 e. The van der Waals surface area contributed by atoms with E-state index < -0.39 is 6.61 Å². The average Bonchev–Trinajstić information content (AvgIpc) is 3.28. The van der Waals surface area contributed by atoms with Crippen molar-refractivity contribution in [2.75, 3.05) is 39.4 Å². The summed E-state index contributed by atoms with van der Waals surface area (Å²) in [5.74, 6) is 0.861. The molecule has 3 rings (SSSR count). The molecule has 2 aliphatic heterocycles. The molecule has 0 saturated carbocycles. The topological polar surface area (TPSA) is 58.1 Å². The van der Waals surface area contributed by atoms with Crippen molar-refractivity contribution < 1.29 is 18.3 Å². The van der Waals surface area contributed by atoms with Crippen LogP contribution in [-0.4, -0.2) is 62.4 Å². The van der Waals surface area contributed by atoms with Gasteiger partial charge in [-0.1, -0.05) is 17.7 Å². The highest BCUT2D eigenvalue weighted by atomic mass is 19.3. The van der Waals surface area contributed by atoms with Crippen molar-refractivity contribution in [3.8, 4) is 5.75 Å². The minimum atomic E-state index is -2.85. The molecular weight excluding hydrogens is 390 g/mol. The third-order valence-electron chi connectivity index (χ3n) is 5.97. The number of benzene rings is 1. The molecule has 30 heavy (non-hydrogen) atoms. The maximum Gasteiger partial charge on any atom is 0.387 e. The van der Waals surface area contributed by atoms with Gasteiger partial charge in [-0.2, -0.15) is 8.78 Å². The van der Waals surface area contributed by atoms with Gasteiger partial charge in [0.05, 0.1) is 6.54 Å². The summed E-state index contributed by atoms with van der Waals surface area (Å²) >= 11 is 0. The maximum atomic E-state index is 12.7. The molecule has 2 saturated heterocycles. The zero-order chi connectivity index (χ0) is 21.4. The number of hydrogen-bond donors (Lipinski definition) is 2. The quantitative estimate of drug-likeness (QED) is 0.495. The van der Waals surface area contributed by atoms with Crippen molar-refractivity contribution >= 4 is 5.96 Å². The maximum absolute atomic E-state index is 12.7. The summed E-state index contributed by atoms with van der Waals surface area (Å²) in [5, 5.41) is 6.78. The second-order valence-corrected chi connectivity index (χ2v) is 8.07. The number of aryl methyl sites for hydroxylation is 1. The molecule has 168 valence electrons. The van der Waals surface area contributed by atoms with E-state index in [1.165, 1.54) is 12.8 Å². The molecular formula is C22H34F2N4O2. The molecule has 2 heterocycles. The number of ether oxygens (including phenoxy) is 2. The van der Waals surface area contributed by atoms with Crippen LogP contribution in [0.1, 0.15) is 43.7 Å². The van der Waals surface area contributed by atoms with Crippen LogP contribution in [0.25, 0.3) is 0 Å². The van der Waals surface area contributed by atoms with Gasteiger partial charge in [-0.3, -0.25) is 4.90 Å². The number of nitrogens with zero attached hydrogens (tertiary/aromatic N) is 2. The van der Waals surface area contributed by atoms with E-state index in [0.29, 0.717) is 11.5 Å². The van der Waals surface area contributed by atoms with Gasteiger partial charge in [0.25, 0.3) is 0 Å². The molecule has 8 heteroatoms. The Hall–Kier alpha value is -1.93. The number of aliphatic imine (C=N–C) groups is 1. The van der Waals surface area contributed by atoms with Crippen LogP contribution in [-0.2, 0) is 11.3 Å². The molecule has 0 bridgehead atoms. The first kappa shape index (κ1) is 22.7. The zero-order valence-corrected chi connectivity index (χ0v) is 18.1. The lowest BCUT2D eigenvalue weighted by molar-refractivity contribution is -0.0504. The van der Waals surface area contributed by atoms with Gasteiger partial charge in [-0.25, -0.2) is 4.99 Å². The first-order valence-electron chi connectivity index (χ1n) is 10.9. The number of halogens is 2. The molecule has 2 aliphatic rings. The molecule has 0 spiro atoms. The van der Waals surface area contributed by atoms with Crippen LogP contribution in [0, 0.1) is 6.92 Å². The number of rotatable bonds is 8. The van der Waals surface area contributed by atoms with Crippen molar-refractivity contribution in [1.82, 2.24) is 15.5 Å². The van der Waals surface area contributed by atoms with Crippen LogP contribution >= 0.6 is 0 Å². The molecule has 0 amide bonds. The zero-order valence-electron chi connectivity index (χ0n) is 18.1. The number of guanidine groups is 1. The van der Waals surface area contributed by atoms with Gasteiger partial charge in [-0.05, 0) is 58.7 Å². The Morgan fingerprint density at radius 2 is 1.97 bits per heavy atom. The Morgan fingerprint density at radius 3 is 2.63 bits per heavy atom. The first-order chi connectivity index (χ1) is 14.5. The lowest BCUT2D eigenvalue weighted by atomic mass is 9.88. The smallest absolute Gasteiger partial charge is 0.387 e. The summed E-state index contributed by atoms with van der Waals surface area (Å²) in [6.07, 6.45) is 4.50. The Labute approximate surface area is 178 Å². The third-order valence-corrected chi connectivity index (χ3v) is 5.97. The highest BCUT2D eigenvalue weighted by Crippen LogP contribution is 2.30. The van der Waals surface area contributed by atoms with Gasteiger partial charge in [-0.15, -0.1) is 0 Å². The Kier molecular flexibility index (Phi) is 8.27. The van der Waals surface area contributed by atoms with E-state index in [0.717, 1.165) is 57.8 Å². The summed E-state index contributed by atoms with van der Waals surface area (Å²) in [5.41, 5.74) is 1.71. The number of alkyl halides is 2. The van der Waals surface area contributed by atoms with Gasteiger partial charge in [0.1, 0.15) is 5.75 Å². The van der Waals surface area contributed by atoms with E-state index in [-0.39, 0.29) is 17.8 Å². The summed E-state index contributed by atoms with van der Waals surface area (Å²) in [7, 11) is 0. The van der Waals surface area contributed by atoms with E-state index in [1.807, 2.05) is 19.9 Å². The van der Waals surface area contributed by atoms with Gasteiger partial charge in [0, 0.05) is 37.4 Å². The fraction of sp³-hybridized carbons (Fsp3) is 0.682. The summed E-state index contributed by atoms with van der Waals surface area (Å²) in [6.45, 7) is 6.69. The van der Waals surface area contributed by atoms with Crippen LogP contribution in [0.2, 0.25) is 0 Å². The normalized spacial score (nSPS) is 19.8. The van der Waals surface area contributed by atoms with Crippen molar-refractivity contribution in [3.05, 3.63) is 29.3 Å². The number of likely N-dealkylation sites (tertiary alicyclic amines) is 1. The van der Waals surface area contributed by atoms with Gasteiger partial charge >= 0.3 is 6.61 Å². The molecule has 2 N–H and O–H groups in total. The molecule has 0 atom stereocenters. The Balaban J connectivity index is 1.70. The van der Waals surface area contributed by atoms with E-state index in [9.17, 15) is 8.78 Å². The van der Waals surface area contributed by atoms with Crippen LogP contribution < -0.4 is 15.4 Å². The second-order valence-electron chi connectivity index (χ2n) is 8.07. The van der Waals surface area contributed by atoms with Gasteiger partial charge in [0.2, 0.25) is 0 Å². The fourth-order valence-corrected chi connectivity index (χ4v) is 4.34. The molecule has 2 fully saturated rings. The molecule has 0 radical (unpaired) electrons. The van der Waals surface area contributed by atoms with E-state index in [1.54, 1.807) is 12.1 Å². The van der Waals surface area contributed by atoms with Crippen LogP contribution in [0.4, 0.5) is 8.78 Å². The van der Waals surface area contributed by atoms with Crippen molar-refractivity contribution in [1.29, 1.82) is 0 Å². The Bertz CT molecular complexity index is 702. The highest BCUT2D eigenvalue weighted by Gasteiger charge is 2.39. The molecule has 1 aromatic carbocycles. The van der Waals surface area contributed by atoms with Crippen molar-refractivity contribution in [2.24, 2.45) is 4.99 Å². The number of hydrogen-bond acceptors (Lipinski definition) is 4. The minimum absolute atomic E-state index is 0.0816. The third kappa shape index (κ3) is 6.04. The van der Waals surface area contributed by atoms with Crippen molar-refractivity contribution in [3.63, 3.8) is 0 Å². The largest absolute Gasteiger partial charge is 0.434 e. The van der Waals surface area contributed by atoms with Crippen LogP contribution in [0.15, 0.2) is 23.2 Å². The monoisotopic (exact) mass is 424 g/mol. The molecule has 0 unspecified atom stereocenters. The average molecular weight is 425 g/mol. The molecule has 1 aromatic rings. The molecule has 0 aliphatic carbocycles. The predicted molar refractivity (Wildman–Crippen MR) is 114 cm³/mol. The SMILES string of the molecule is CCNC(=NCc1cc(C)ccc1OC(F)F)NCC1(N2CCCC2)CCOCC1. The standard InChI is InChI=1S/C22H34F2N4O2/c1-3-25-21(26-15-18-14-17(2)6-7-19(18)30-20(23)24)27-16-22(8-12-29-13-9-22)28-10-4-5-11-28/h6-7,14,20H,3-5,8-13,15-16H2,1-2H3,(H2,25,26,27).